The Morgan fingerprint density at radius 1 is 1.00 bits per heavy atom. The highest BCUT2D eigenvalue weighted by Crippen LogP contribution is 2.25. The molecule has 5 nitrogen and oxygen atoms in total. The van der Waals surface area contributed by atoms with Gasteiger partial charge >= 0.3 is 0 Å². The standard InChI is InChI=1S/C21H27NO4/c1-15-6-7-16(2)19(12-15)26-11-10-21(23)22(3)14-17-8-9-18(24-4)13-20(17)25-5/h6-9,12-13H,10-11,14H2,1-5H3. The zero-order chi connectivity index (χ0) is 19.1. The molecular formula is C21H27NO4. The summed E-state index contributed by atoms with van der Waals surface area (Å²) in [4.78, 5) is 14.1. The predicted molar refractivity (Wildman–Crippen MR) is 102 cm³/mol. The molecule has 0 saturated carbocycles. The molecule has 26 heavy (non-hydrogen) atoms. The average Bonchev–Trinajstić information content (AvgIpc) is 2.64. The molecule has 0 aliphatic carbocycles. The summed E-state index contributed by atoms with van der Waals surface area (Å²) < 4.78 is 16.4. The number of hydrogen-bond acceptors (Lipinski definition) is 4. The molecule has 0 aliphatic heterocycles. The number of carbonyl (C=O) groups excluding carboxylic acids is 1. The first-order valence-corrected chi connectivity index (χ1v) is 8.59. The third-order valence-electron chi connectivity index (χ3n) is 4.24. The molecule has 0 heterocycles. The molecule has 0 radical (unpaired) electrons. The fourth-order valence-electron chi connectivity index (χ4n) is 2.63. The van der Waals surface area contributed by atoms with Crippen molar-refractivity contribution in [3.8, 4) is 17.2 Å². The maximum absolute atomic E-state index is 12.4. The predicted octanol–water partition coefficient (Wildman–Crippen LogP) is 3.75. The molecule has 0 unspecified atom stereocenters. The Kier molecular flexibility index (Phi) is 6.89. The minimum atomic E-state index is 0.0215. The molecule has 0 N–H and O–H groups in total. The van der Waals surface area contributed by atoms with Gasteiger partial charge in [0.25, 0.3) is 0 Å². The first-order chi connectivity index (χ1) is 12.4. The molecular weight excluding hydrogens is 330 g/mol. The van der Waals surface area contributed by atoms with Crippen molar-refractivity contribution >= 4 is 5.91 Å². The monoisotopic (exact) mass is 357 g/mol. The van der Waals surface area contributed by atoms with Crippen LogP contribution >= 0.6 is 0 Å². The molecule has 0 saturated heterocycles. The van der Waals surface area contributed by atoms with Crippen LogP contribution in [0, 0.1) is 13.8 Å². The summed E-state index contributed by atoms with van der Waals surface area (Å²) >= 11 is 0. The molecule has 140 valence electrons. The lowest BCUT2D eigenvalue weighted by atomic mass is 10.1. The fourth-order valence-corrected chi connectivity index (χ4v) is 2.63. The first kappa shape index (κ1) is 19.6. The Morgan fingerprint density at radius 2 is 1.77 bits per heavy atom. The van der Waals surface area contributed by atoms with Gasteiger partial charge in [0.05, 0.1) is 27.2 Å². The summed E-state index contributed by atoms with van der Waals surface area (Å²) in [7, 11) is 5.00. The Balaban J connectivity index is 1.90. The van der Waals surface area contributed by atoms with E-state index in [1.165, 1.54) is 0 Å². The number of aryl methyl sites for hydroxylation is 2. The van der Waals surface area contributed by atoms with Gasteiger partial charge in [0.15, 0.2) is 0 Å². The number of nitrogens with zero attached hydrogens (tertiary/aromatic N) is 1. The Morgan fingerprint density at radius 3 is 2.46 bits per heavy atom. The van der Waals surface area contributed by atoms with Crippen LogP contribution in [0.5, 0.6) is 17.2 Å². The highest BCUT2D eigenvalue weighted by Gasteiger charge is 2.13. The van der Waals surface area contributed by atoms with Crippen molar-refractivity contribution in [1.82, 2.24) is 4.90 Å². The highest BCUT2D eigenvalue weighted by molar-refractivity contribution is 5.76. The summed E-state index contributed by atoms with van der Waals surface area (Å²) in [5.74, 6) is 2.28. The van der Waals surface area contributed by atoms with E-state index in [-0.39, 0.29) is 5.91 Å². The second-order valence-corrected chi connectivity index (χ2v) is 6.29. The lowest BCUT2D eigenvalue weighted by molar-refractivity contribution is -0.130. The highest BCUT2D eigenvalue weighted by atomic mass is 16.5. The number of rotatable bonds is 8. The Bertz CT molecular complexity index is 758. The molecule has 0 spiro atoms. The van der Waals surface area contributed by atoms with Crippen LogP contribution in [0.2, 0.25) is 0 Å². The van der Waals surface area contributed by atoms with Gasteiger partial charge in [-0.3, -0.25) is 4.79 Å². The van der Waals surface area contributed by atoms with E-state index >= 15 is 0 Å². The van der Waals surface area contributed by atoms with E-state index in [0.29, 0.717) is 25.3 Å². The number of ether oxygens (including phenoxy) is 3. The zero-order valence-corrected chi connectivity index (χ0v) is 16.2. The second-order valence-electron chi connectivity index (χ2n) is 6.29. The maximum atomic E-state index is 12.4. The first-order valence-electron chi connectivity index (χ1n) is 8.59. The van der Waals surface area contributed by atoms with Gasteiger partial charge in [0.2, 0.25) is 5.91 Å². The third kappa shape index (κ3) is 5.15. The SMILES string of the molecule is COc1ccc(CN(C)C(=O)CCOc2cc(C)ccc2C)c(OC)c1. The number of carbonyl (C=O) groups is 1. The van der Waals surface area contributed by atoms with E-state index in [1.807, 2.05) is 50.2 Å². The van der Waals surface area contributed by atoms with Gasteiger partial charge < -0.3 is 19.1 Å². The molecule has 2 aromatic rings. The van der Waals surface area contributed by atoms with Crippen LogP contribution in [0.1, 0.15) is 23.1 Å². The summed E-state index contributed by atoms with van der Waals surface area (Å²) in [6, 6.07) is 11.6. The van der Waals surface area contributed by atoms with E-state index in [1.54, 1.807) is 26.2 Å². The van der Waals surface area contributed by atoms with Crippen LogP contribution in [-0.2, 0) is 11.3 Å². The van der Waals surface area contributed by atoms with Crippen molar-refractivity contribution in [1.29, 1.82) is 0 Å². The van der Waals surface area contributed by atoms with Crippen molar-refractivity contribution in [3.05, 3.63) is 53.1 Å². The third-order valence-corrected chi connectivity index (χ3v) is 4.24. The Hall–Kier alpha value is -2.69. The average molecular weight is 357 g/mol. The molecule has 0 aromatic heterocycles. The number of methoxy groups -OCH3 is 2. The van der Waals surface area contributed by atoms with Crippen molar-refractivity contribution in [3.63, 3.8) is 0 Å². The number of hydrogen-bond donors (Lipinski definition) is 0. The summed E-state index contributed by atoms with van der Waals surface area (Å²) in [6.45, 7) is 4.84. The smallest absolute Gasteiger partial charge is 0.226 e. The van der Waals surface area contributed by atoms with Gasteiger partial charge in [0, 0.05) is 25.2 Å². The lowest BCUT2D eigenvalue weighted by Crippen LogP contribution is -2.27. The maximum Gasteiger partial charge on any atom is 0.226 e. The quantitative estimate of drug-likeness (QED) is 0.722. The molecule has 1 amide bonds. The van der Waals surface area contributed by atoms with Gasteiger partial charge in [-0.05, 0) is 43.2 Å². The van der Waals surface area contributed by atoms with E-state index in [9.17, 15) is 4.79 Å². The van der Waals surface area contributed by atoms with Gasteiger partial charge in [-0.25, -0.2) is 0 Å². The van der Waals surface area contributed by atoms with E-state index in [4.69, 9.17) is 14.2 Å². The van der Waals surface area contributed by atoms with E-state index in [2.05, 4.69) is 0 Å². The number of amides is 1. The second kappa shape index (κ2) is 9.13. The van der Waals surface area contributed by atoms with Crippen LogP contribution < -0.4 is 14.2 Å². The van der Waals surface area contributed by atoms with Crippen LogP contribution in [0.25, 0.3) is 0 Å². The van der Waals surface area contributed by atoms with Crippen molar-refractivity contribution in [2.45, 2.75) is 26.8 Å². The van der Waals surface area contributed by atoms with Crippen LogP contribution in [0.15, 0.2) is 36.4 Å². The molecule has 0 aliphatic rings. The minimum Gasteiger partial charge on any atom is -0.497 e. The zero-order valence-electron chi connectivity index (χ0n) is 16.2. The number of benzene rings is 2. The Labute approximate surface area is 155 Å². The van der Waals surface area contributed by atoms with Gasteiger partial charge in [-0.1, -0.05) is 12.1 Å². The van der Waals surface area contributed by atoms with Gasteiger partial charge in [0.1, 0.15) is 17.2 Å². The van der Waals surface area contributed by atoms with Crippen molar-refractivity contribution in [2.24, 2.45) is 0 Å². The minimum absolute atomic E-state index is 0.0215. The molecule has 0 atom stereocenters. The molecule has 2 aromatic carbocycles. The largest absolute Gasteiger partial charge is 0.497 e. The lowest BCUT2D eigenvalue weighted by Gasteiger charge is -2.19. The fraction of sp³-hybridized carbons (Fsp3) is 0.381. The van der Waals surface area contributed by atoms with Crippen LogP contribution in [-0.4, -0.2) is 38.7 Å². The van der Waals surface area contributed by atoms with Crippen LogP contribution in [0.4, 0.5) is 0 Å². The molecule has 0 bridgehead atoms. The normalized spacial score (nSPS) is 10.3. The molecule has 5 heteroatoms. The van der Waals surface area contributed by atoms with E-state index < -0.39 is 0 Å². The van der Waals surface area contributed by atoms with Crippen LogP contribution in [0.3, 0.4) is 0 Å². The van der Waals surface area contributed by atoms with E-state index in [0.717, 1.165) is 28.2 Å². The van der Waals surface area contributed by atoms with Gasteiger partial charge in [-0.2, -0.15) is 0 Å². The summed E-state index contributed by atoms with van der Waals surface area (Å²) in [5, 5.41) is 0. The van der Waals surface area contributed by atoms with Crippen molar-refractivity contribution in [2.75, 3.05) is 27.9 Å². The summed E-state index contributed by atoms with van der Waals surface area (Å²) in [5.41, 5.74) is 3.14. The topological polar surface area (TPSA) is 48.0 Å². The van der Waals surface area contributed by atoms with Crippen molar-refractivity contribution < 1.29 is 19.0 Å². The molecule has 2 rings (SSSR count). The van der Waals surface area contributed by atoms with Gasteiger partial charge in [-0.15, -0.1) is 0 Å². The summed E-state index contributed by atoms with van der Waals surface area (Å²) in [6.07, 6.45) is 0.322. The molecule has 0 fully saturated rings.